The second-order valence-electron chi connectivity index (χ2n) is 4.76. The molecule has 1 amide bonds. The summed E-state index contributed by atoms with van der Waals surface area (Å²) in [6.07, 6.45) is 1.75. The Balaban J connectivity index is 2.19. The summed E-state index contributed by atoms with van der Waals surface area (Å²) in [7, 11) is 0. The molecule has 4 heteroatoms. The summed E-state index contributed by atoms with van der Waals surface area (Å²) in [6, 6.07) is 13.9. The third-order valence-electron chi connectivity index (χ3n) is 3.36. The number of hydrogen-bond donors (Lipinski definition) is 2. The van der Waals surface area contributed by atoms with Crippen LogP contribution in [0.15, 0.2) is 42.5 Å². The highest BCUT2D eigenvalue weighted by atomic mass is 16.4. The van der Waals surface area contributed by atoms with Crippen molar-refractivity contribution in [2.24, 2.45) is 0 Å². The molecule has 0 aliphatic rings. The fourth-order valence-corrected chi connectivity index (χ4v) is 2.37. The molecule has 2 aromatic carbocycles. The van der Waals surface area contributed by atoms with Gasteiger partial charge in [-0.05, 0) is 29.2 Å². The van der Waals surface area contributed by atoms with Crippen molar-refractivity contribution in [3.05, 3.63) is 48.0 Å². The average molecular weight is 271 g/mol. The first-order chi connectivity index (χ1) is 9.70. The van der Waals surface area contributed by atoms with Gasteiger partial charge < -0.3 is 10.4 Å². The molecule has 20 heavy (non-hydrogen) atoms. The minimum atomic E-state index is -0.847. The van der Waals surface area contributed by atoms with Gasteiger partial charge in [-0.3, -0.25) is 9.59 Å². The number of carbonyl (C=O) groups excluding carboxylic acids is 1. The van der Waals surface area contributed by atoms with E-state index in [1.807, 2.05) is 42.5 Å². The molecule has 1 unspecified atom stereocenters. The van der Waals surface area contributed by atoms with Crippen LogP contribution in [0.2, 0.25) is 0 Å². The Hall–Kier alpha value is -2.36. The lowest BCUT2D eigenvalue weighted by Crippen LogP contribution is -2.30. The number of aliphatic carboxylic acids is 1. The average Bonchev–Trinajstić information content (AvgIpc) is 2.45. The van der Waals surface area contributed by atoms with E-state index in [4.69, 9.17) is 5.11 Å². The number of carbonyl (C=O) groups is 2. The van der Waals surface area contributed by atoms with E-state index in [-0.39, 0.29) is 12.5 Å². The van der Waals surface area contributed by atoms with Crippen molar-refractivity contribution >= 4 is 23.2 Å². The minimum Gasteiger partial charge on any atom is -0.481 e. The van der Waals surface area contributed by atoms with Gasteiger partial charge in [-0.2, -0.15) is 0 Å². The van der Waals surface area contributed by atoms with Gasteiger partial charge in [0.25, 0.3) is 0 Å². The zero-order valence-electron chi connectivity index (χ0n) is 11.1. The van der Waals surface area contributed by atoms with Crippen molar-refractivity contribution in [2.45, 2.75) is 25.3 Å². The van der Waals surface area contributed by atoms with E-state index in [1.165, 1.54) is 0 Å². The van der Waals surface area contributed by atoms with Crippen LogP contribution in [0, 0.1) is 0 Å². The first kappa shape index (κ1) is 14.1. The van der Waals surface area contributed by atoms with Gasteiger partial charge in [-0.15, -0.1) is 0 Å². The van der Waals surface area contributed by atoms with E-state index in [0.717, 1.165) is 16.3 Å². The van der Waals surface area contributed by atoms with E-state index in [2.05, 4.69) is 5.32 Å². The van der Waals surface area contributed by atoms with Crippen LogP contribution in [0.5, 0.6) is 0 Å². The van der Waals surface area contributed by atoms with E-state index in [1.54, 1.807) is 0 Å². The highest BCUT2D eigenvalue weighted by Gasteiger charge is 2.12. The zero-order valence-corrected chi connectivity index (χ0v) is 11.1. The van der Waals surface area contributed by atoms with Crippen LogP contribution in [0.3, 0.4) is 0 Å². The summed E-state index contributed by atoms with van der Waals surface area (Å²) in [4.78, 5) is 21.3. The molecule has 1 atom stereocenters. The Kier molecular flexibility index (Phi) is 4.71. The summed E-state index contributed by atoms with van der Waals surface area (Å²) in [6.45, 7) is 0. The molecule has 0 aliphatic heterocycles. The van der Waals surface area contributed by atoms with Crippen LogP contribution in [0.4, 0.5) is 0 Å². The Morgan fingerprint density at radius 3 is 2.70 bits per heavy atom. The van der Waals surface area contributed by atoms with E-state index >= 15 is 0 Å². The molecular formula is C16H17NO3. The number of nitrogens with one attached hydrogen (secondary N) is 1. The SMILES string of the molecule is O=CNC(CCC(=O)O)Cc1cccc2ccccc12. The molecule has 2 N–H and O–H groups in total. The highest BCUT2D eigenvalue weighted by molar-refractivity contribution is 5.85. The second kappa shape index (κ2) is 6.70. The quantitative estimate of drug-likeness (QED) is 0.760. The van der Waals surface area contributed by atoms with Gasteiger partial charge >= 0.3 is 5.97 Å². The van der Waals surface area contributed by atoms with Crippen molar-refractivity contribution in [2.75, 3.05) is 0 Å². The van der Waals surface area contributed by atoms with E-state index < -0.39 is 5.97 Å². The van der Waals surface area contributed by atoms with Gasteiger partial charge in [0.1, 0.15) is 0 Å². The van der Waals surface area contributed by atoms with Gasteiger partial charge in [-0.1, -0.05) is 42.5 Å². The first-order valence-corrected chi connectivity index (χ1v) is 6.59. The van der Waals surface area contributed by atoms with Crippen LogP contribution in [-0.4, -0.2) is 23.5 Å². The van der Waals surface area contributed by atoms with Gasteiger partial charge in [0.2, 0.25) is 6.41 Å². The van der Waals surface area contributed by atoms with Crippen LogP contribution in [0.25, 0.3) is 10.8 Å². The fraction of sp³-hybridized carbons (Fsp3) is 0.250. The third-order valence-corrected chi connectivity index (χ3v) is 3.36. The lowest BCUT2D eigenvalue weighted by molar-refractivity contribution is -0.137. The topological polar surface area (TPSA) is 66.4 Å². The third kappa shape index (κ3) is 3.57. The number of rotatable bonds is 7. The van der Waals surface area contributed by atoms with Gasteiger partial charge in [0, 0.05) is 12.5 Å². The van der Waals surface area contributed by atoms with Crippen LogP contribution in [0.1, 0.15) is 18.4 Å². The Morgan fingerprint density at radius 1 is 1.20 bits per heavy atom. The van der Waals surface area contributed by atoms with Gasteiger partial charge in [0.15, 0.2) is 0 Å². The summed E-state index contributed by atoms with van der Waals surface area (Å²) < 4.78 is 0. The Morgan fingerprint density at radius 2 is 1.95 bits per heavy atom. The molecule has 104 valence electrons. The number of fused-ring (bicyclic) bond motifs is 1. The maximum absolute atomic E-state index is 10.7. The van der Waals surface area contributed by atoms with E-state index in [0.29, 0.717) is 19.3 Å². The number of benzene rings is 2. The normalized spacial score (nSPS) is 12.0. The molecule has 0 fully saturated rings. The smallest absolute Gasteiger partial charge is 0.303 e. The van der Waals surface area contributed by atoms with Gasteiger partial charge in [0.05, 0.1) is 0 Å². The van der Waals surface area contributed by atoms with Gasteiger partial charge in [-0.25, -0.2) is 0 Å². The van der Waals surface area contributed by atoms with Crippen LogP contribution in [-0.2, 0) is 16.0 Å². The van der Waals surface area contributed by atoms with Crippen molar-refractivity contribution in [3.63, 3.8) is 0 Å². The van der Waals surface area contributed by atoms with Crippen molar-refractivity contribution in [3.8, 4) is 0 Å². The highest BCUT2D eigenvalue weighted by Crippen LogP contribution is 2.20. The molecule has 0 aliphatic carbocycles. The zero-order chi connectivity index (χ0) is 14.4. The maximum atomic E-state index is 10.7. The molecule has 0 heterocycles. The molecule has 0 radical (unpaired) electrons. The summed E-state index contributed by atoms with van der Waals surface area (Å²) in [5.74, 6) is -0.847. The molecule has 2 rings (SSSR count). The number of hydrogen-bond acceptors (Lipinski definition) is 2. The number of carboxylic acid groups (broad SMARTS) is 1. The van der Waals surface area contributed by atoms with Crippen molar-refractivity contribution in [1.29, 1.82) is 0 Å². The summed E-state index contributed by atoms with van der Waals surface area (Å²) in [5, 5.41) is 13.7. The predicted molar refractivity (Wildman–Crippen MR) is 77.5 cm³/mol. The summed E-state index contributed by atoms with van der Waals surface area (Å²) in [5.41, 5.74) is 1.12. The minimum absolute atomic E-state index is 0.0519. The molecule has 0 saturated heterocycles. The largest absolute Gasteiger partial charge is 0.481 e. The fourth-order valence-electron chi connectivity index (χ4n) is 2.37. The van der Waals surface area contributed by atoms with Crippen LogP contribution < -0.4 is 5.32 Å². The lowest BCUT2D eigenvalue weighted by atomic mass is 9.97. The predicted octanol–water partition coefficient (Wildman–Crippen LogP) is 2.36. The first-order valence-electron chi connectivity index (χ1n) is 6.59. The second-order valence-corrected chi connectivity index (χ2v) is 4.76. The van der Waals surface area contributed by atoms with Crippen molar-refractivity contribution in [1.82, 2.24) is 5.32 Å². The standard InChI is InChI=1S/C16H17NO3/c18-11-17-14(8-9-16(19)20)10-13-6-3-5-12-4-1-2-7-15(12)13/h1-7,11,14H,8-10H2,(H,17,18)(H,19,20). The molecule has 2 aromatic rings. The molecule has 4 nitrogen and oxygen atoms in total. The molecule has 0 aromatic heterocycles. The Bertz CT molecular complexity index is 604. The Labute approximate surface area is 117 Å². The van der Waals surface area contributed by atoms with Crippen LogP contribution >= 0.6 is 0 Å². The lowest BCUT2D eigenvalue weighted by Gasteiger charge is -2.16. The molecule has 0 saturated carbocycles. The van der Waals surface area contributed by atoms with E-state index in [9.17, 15) is 9.59 Å². The maximum Gasteiger partial charge on any atom is 0.303 e. The van der Waals surface area contributed by atoms with Crippen molar-refractivity contribution < 1.29 is 14.7 Å². The molecule has 0 spiro atoms. The number of carboxylic acids is 1. The molecular weight excluding hydrogens is 254 g/mol. The molecule has 0 bridgehead atoms. The summed E-state index contributed by atoms with van der Waals surface area (Å²) >= 11 is 0. The number of amides is 1. The monoisotopic (exact) mass is 271 g/mol.